The van der Waals surface area contributed by atoms with Crippen LogP contribution in [-0.2, 0) is 0 Å². The van der Waals surface area contributed by atoms with Crippen LogP contribution in [0.25, 0.3) is 0 Å². The van der Waals surface area contributed by atoms with Crippen LogP contribution in [0.2, 0.25) is 0 Å². The third kappa shape index (κ3) is 4.29. The van der Waals surface area contributed by atoms with Gasteiger partial charge >= 0.3 is 0 Å². The van der Waals surface area contributed by atoms with E-state index < -0.39 is 5.82 Å². The van der Waals surface area contributed by atoms with Gasteiger partial charge in [-0.1, -0.05) is 6.07 Å². The molecule has 1 N–H and O–H groups in total. The fraction of sp³-hybridized carbons (Fsp3) is 0.188. The Kier molecular flexibility index (Phi) is 4.96. The van der Waals surface area contributed by atoms with Crippen LogP contribution < -0.4 is 10.1 Å². The molecule has 2 aromatic carbocycles. The van der Waals surface area contributed by atoms with E-state index in [9.17, 15) is 9.18 Å². The average molecular weight is 352 g/mol. The van der Waals surface area contributed by atoms with Crippen molar-refractivity contribution >= 4 is 27.5 Å². The molecule has 2 rings (SSSR count). The Labute approximate surface area is 131 Å². The second-order valence-corrected chi connectivity index (χ2v) is 5.63. The molecule has 0 bridgehead atoms. The van der Waals surface area contributed by atoms with Crippen molar-refractivity contribution in [2.45, 2.75) is 20.0 Å². The molecule has 0 aliphatic heterocycles. The largest absolute Gasteiger partial charge is 0.490 e. The molecule has 0 atom stereocenters. The van der Waals surface area contributed by atoms with Gasteiger partial charge in [-0.25, -0.2) is 4.39 Å². The van der Waals surface area contributed by atoms with E-state index in [2.05, 4.69) is 21.2 Å². The van der Waals surface area contributed by atoms with Gasteiger partial charge in [-0.2, -0.15) is 0 Å². The van der Waals surface area contributed by atoms with Crippen LogP contribution in [0.15, 0.2) is 46.9 Å². The van der Waals surface area contributed by atoms with E-state index in [1.54, 1.807) is 30.3 Å². The van der Waals surface area contributed by atoms with Gasteiger partial charge in [0.2, 0.25) is 0 Å². The number of carbonyl (C=O) groups excluding carboxylic acids is 1. The predicted octanol–water partition coefficient (Wildman–Crippen LogP) is 4.63. The molecule has 0 aliphatic rings. The smallest absolute Gasteiger partial charge is 0.255 e. The van der Waals surface area contributed by atoms with Gasteiger partial charge in [0.05, 0.1) is 10.6 Å². The van der Waals surface area contributed by atoms with E-state index in [-0.39, 0.29) is 12.0 Å². The van der Waals surface area contributed by atoms with Gasteiger partial charge in [0.15, 0.2) is 0 Å². The average Bonchev–Trinajstić information content (AvgIpc) is 2.40. The maximum atomic E-state index is 13.1. The lowest BCUT2D eigenvalue weighted by molar-refractivity contribution is 0.102. The summed E-state index contributed by atoms with van der Waals surface area (Å²) in [6.45, 7) is 3.86. The summed E-state index contributed by atoms with van der Waals surface area (Å²) in [4.78, 5) is 12.1. The van der Waals surface area contributed by atoms with Crippen LogP contribution in [0.3, 0.4) is 0 Å². The van der Waals surface area contributed by atoms with Crippen LogP contribution in [-0.4, -0.2) is 12.0 Å². The zero-order chi connectivity index (χ0) is 15.4. The topological polar surface area (TPSA) is 38.3 Å². The van der Waals surface area contributed by atoms with E-state index in [1.165, 1.54) is 12.1 Å². The number of nitrogens with one attached hydrogen (secondary N) is 1. The molecule has 0 unspecified atom stereocenters. The third-order valence-electron chi connectivity index (χ3n) is 2.64. The molecular weight excluding hydrogens is 337 g/mol. The third-order valence-corrected chi connectivity index (χ3v) is 3.26. The minimum Gasteiger partial charge on any atom is -0.490 e. The van der Waals surface area contributed by atoms with Crippen molar-refractivity contribution in [2.24, 2.45) is 0 Å². The normalized spacial score (nSPS) is 10.5. The fourth-order valence-electron chi connectivity index (χ4n) is 1.76. The highest BCUT2D eigenvalue weighted by Crippen LogP contribution is 2.27. The van der Waals surface area contributed by atoms with E-state index in [0.717, 1.165) is 0 Å². The molecule has 0 spiro atoms. The summed E-state index contributed by atoms with van der Waals surface area (Å²) in [6, 6.07) is 10.8. The van der Waals surface area contributed by atoms with Crippen molar-refractivity contribution in [1.29, 1.82) is 0 Å². The lowest BCUT2D eigenvalue weighted by Crippen LogP contribution is -2.12. The Hall–Kier alpha value is -1.88. The van der Waals surface area contributed by atoms with Gasteiger partial charge in [0.25, 0.3) is 5.91 Å². The zero-order valence-corrected chi connectivity index (χ0v) is 13.3. The highest BCUT2D eigenvalue weighted by atomic mass is 79.9. The number of amides is 1. The first-order valence-corrected chi connectivity index (χ1v) is 7.28. The molecule has 110 valence electrons. The summed E-state index contributed by atoms with van der Waals surface area (Å²) in [6.07, 6.45) is 0.0493. The summed E-state index contributed by atoms with van der Waals surface area (Å²) in [5.41, 5.74) is 0.876. The van der Waals surface area contributed by atoms with Gasteiger partial charge in [-0.15, -0.1) is 0 Å². The summed E-state index contributed by atoms with van der Waals surface area (Å²) < 4.78 is 19.4. The second-order valence-electron chi connectivity index (χ2n) is 4.78. The lowest BCUT2D eigenvalue weighted by atomic mass is 10.2. The summed E-state index contributed by atoms with van der Waals surface area (Å²) in [7, 11) is 0. The molecule has 2 aromatic rings. The number of hydrogen-bond acceptors (Lipinski definition) is 2. The Morgan fingerprint density at radius 1 is 1.24 bits per heavy atom. The fourth-order valence-corrected chi connectivity index (χ4v) is 2.23. The number of anilines is 1. The van der Waals surface area contributed by atoms with Crippen LogP contribution in [0.4, 0.5) is 10.1 Å². The number of rotatable bonds is 4. The maximum absolute atomic E-state index is 13.1. The van der Waals surface area contributed by atoms with Crippen molar-refractivity contribution < 1.29 is 13.9 Å². The summed E-state index contributed by atoms with van der Waals surface area (Å²) >= 11 is 3.38. The van der Waals surface area contributed by atoms with Crippen molar-refractivity contribution in [2.75, 3.05) is 5.32 Å². The van der Waals surface area contributed by atoms with Crippen molar-refractivity contribution in [1.82, 2.24) is 0 Å². The van der Waals surface area contributed by atoms with E-state index in [4.69, 9.17) is 4.74 Å². The minimum absolute atomic E-state index is 0.0493. The van der Waals surface area contributed by atoms with Gasteiger partial charge in [0.1, 0.15) is 11.6 Å². The molecule has 0 saturated carbocycles. The Balaban J connectivity index is 2.14. The van der Waals surface area contributed by atoms with Crippen LogP contribution in [0.5, 0.6) is 5.75 Å². The Morgan fingerprint density at radius 2 is 2.00 bits per heavy atom. The summed E-state index contributed by atoms with van der Waals surface area (Å²) in [5.74, 6) is -0.0284. The Morgan fingerprint density at radius 3 is 2.62 bits per heavy atom. The van der Waals surface area contributed by atoms with Gasteiger partial charge < -0.3 is 10.1 Å². The highest BCUT2D eigenvalue weighted by Gasteiger charge is 2.10. The van der Waals surface area contributed by atoms with Crippen LogP contribution >= 0.6 is 15.9 Å². The van der Waals surface area contributed by atoms with Gasteiger partial charge in [-0.05, 0) is 66.2 Å². The SMILES string of the molecule is CC(C)Oc1ccc(C(=O)Nc2cccc(F)c2)cc1Br. The van der Waals surface area contributed by atoms with E-state index >= 15 is 0 Å². The zero-order valence-electron chi connectivity index (χ0n) is 11.7. The molecule has 0 fully saturated rings. The highest BCUT2D eigenvalue weighted by molar-refractivity contribution is 9.10. The molecule has 21 heavy (non-hydrogen) atoms. The van der Waals surface area contributed by atoms with Crippen molar-refractivity contribution in [3.63, 3.8) is 0 Å². The lowest BCUT2D eigenvalue weighted by Gasteiger charge is -2.12. The number of hydrogen-bond donors (Lipinski definition) is 1. The second kappa shape index (κ2) is 6.72. The molecule has 0 saturated heterocycles. The molecule has 0 aliphatic carbocycles. The molecule has 3 nitrogen and oxygen atoms in total. The quantitative estimate of drug-likeness (QED) is 0.872. The monoisotopic (exact) mass is 351 g/mol. The first kappa shape index (κ1) is 15.5. The maximum Gasteiger partial charge on any atom is 0.255 e. The van der Waals surface area contributed by atoms with Crippen molar-refractivity contribution in [3.8, 4) is 5.75 Å². The molecule has 0 heterocycles. The molecule has 5 heteroatoms. The van der Waals surface area contributed by atoms with Crippen molar-refractivity contribution in [3.05, 3.63) is 58.3 Å². The Bertz CT molecular complexity index is 658. The molecular formula is C16H15BrFNO2. The van der Waals surface area contributed by atoms with Gasteiger partial charge in [-0.3, -0.25) is 4.79 Å². The van der Waals surface area contributed by atoms with Crippen LogP contribution in [0.1, 0.15) is 24.2 Å². The first-order chi connectivity index (χ1) is 9.95. The molecule has 0 aromatic heterocycles. The van der Waals surface area contributed by atoms with Gasteiger partial charge in [0, 0.05) is 11.3 Å². The summed E-state index contributed by atoms with van der Waals surface area (Å²) in [5, 5.41) is 2.65. The first-order valence-electron chi connectivity index (χ1n) is 6.49. The van der Waals surface area contributed by atoms with E-state index in [1.807, 2.05) is 13.8 Å². The predicted molar refractivity (Wildman–Crippen MR) is 84.3 cm³/mol. The number of ether oxygens (including phenoxy) is 1. The number of halogens is 2. The number of benzene rings is 2. The minimum atomic E-state index is -0.394. The van der Waals surface area contributed by atoms with E-state index in [0.29, 0.717) is 21.5 Å². The number of carbonyl (C=O) groups is 1. The standard InChI is InChI=1S/C16H15BrFNO2/c1-10(2)21-15-7-6-11(8-14(15)17)16(20)19-13-5-3-4-12(18)9-13/h3-10H,1-2H3,(H,19,20). The molecule has 1 amide bonds. The molecule has 0 radical (unpaired) electrons. The van der Waals surface area contributed by atoms with Crippen LogP contribution in [0, 0.1) is 5.82 Å².